The Morgan fingerprint density at radius 3 is 2.62 bits per heavy atom. The van der Waals surface area contributed by atoms with Gasteiger partial charge in [0.05, 0.1) is 0 Å². The number of aromatic nitrogens is 2. The second-order valence-corrected chi connectivity index (χ2v) is 6.98. The van der Waals surface area contributed by atoms with Gasteiger partial charge in [-0.2, -0.15) is 23.5 Å². The van der Waals surface area contributed by atoms with E-state index in [1.54, 1.807) is 0 Å². The predicted octanol–water partition coefficient (Wildman–Crippen LogP) is 1.10. The Kier molecular flexibility index (Phi) is 5.21. The Morgan fingerprint density at radius 1 is 1.25 bits per heavy atom. The van der Waals surface area contributed by atoms with Crippen LogP contribution in [0.25, 0.3) is 0 Å². The first-order valence-electron chi connectivity index (χ1n) is 5.31. The molecule has 0 bridgehead atoms. The molecule has 16 heavy (non-hydrogen) atoms. The van der Waals surface area contributed by atoms with Crippen molar-refractivity contribution in [2.24, 2.45) is 0 Å². The van der Waals surface area contributed by atoms with Crippen molar-refractivity contribution in [1.29, 1.82) is 0 Å². The molecule has 1 aromatic rings. The predicted molar refractivity (Wildman–Crippen MR) is 74.5 cm³/mol. The number of nitrogen functional groups attached to an aromatic ring is 1. The maximum absolute atomic E-state index is 5.53. The molecule has 1 aromatic heterocycles. The van der Waals surface area contributed by atoms with E-state index in [0.717, 1.165) is 18.0 Å². The van der Waals surface area contributed by atoms with Crippen LogP contribution in [-0.2, 0) is 6.42 Å². The van der Waals surface area contributed by atoms with Gasteiger partial charge in [0, 0.05) is 42.0 Å². The molecular formula is C9H16N4S3. The van der Waals surface area contributed by atoms with Crippen molar-refractivity contribution >= 4 is 40.0 Å². The number of anilines is 1. The summed E-state index contributed by atoms with van der Waals surface area (Å²) >= 11 is 5.57. The summed E-state index contributed by atoms with van der Waals surface area (Å²) in [5, 5.41) is 13.0. The highest BCUT2D eigenvalue weighted by atomic mass is 32.2. The van der Waals surface area contributed by atoms with Crippen LogP contribution in [0.1, 0.15) is 5.01 Å². The summed E-state index contributed by atoms with van der Waals surface area (Å²) in [6.07, 6.45) is 0.931. The Bertz CT molecular complexity index is 309. The van der Waals surface area contributed by atoms with Crippen LogP contribution in [0.4, 0.5) is 5.13 Å². The first-order chi connectivity index (χ1) is 7.84. The van der Waals surface area contributed by atoms with E-state index < -0.39 is 0 Å². The van der Waals surface area contributed by atoms with E-state index in [1.807, 2.05) is 23.5 Å². The summed E-state index contributed by atoms with van der Waals surface area (Å²) in [5.41, 5.74) is 5.53. The molecule has 1 aliphatic rings. The molecule has 2 rings (SSSR count). The van der Waals surface area contributed by atoms with Crippen LogP contribution >= 0.6 is 34.9 Å². The van der Waals surface area contributed by atoms with E-state index in [2.05, 4.69) is 15.5 Å². The summed E-state index contributed by atoms with van der Waals surface area (Å²) in [4.78, 5) is 0. The molecule has 0 aromatic carbocycles. The van der Waals surface area contributed by atoms with Crippen LogP contribution in [0.5, 0.6) is 0 Å². The lowest BCUT2D eigenvalue weighted by Crippen LogP contribution is -2.34. The van der Waals surface area contributed by atoms with Crippen molar-refractivity contribution in [1.82, 2.24) is 15.5 Å². The standard InChI is InChI=1S/C9H16N4S3/c10-9-13-12-8(16-9)1-2-11-7-5-14-3-4-15-6-7/h7,11H,1-6H2,(H2,10,13). The third-order valence-electron chi connectivity index (χ3n) is 2.26. The van der Waals surface area contributed by atoms with Gasteiger partial charge in [-0.15, -0.1) is 10.2 Å². The number of rotatable bonds is 4. The number of nitrogens with zero attached hydrogens (tertiary/aromatic N) is 2. The van der Waals surface area contributed by atoms with Crippen LogP contribution in [0, 0.1) is 0 Å². The highest BCUT2D eigenvalue weighted by Crippen LogP contribution is 2.16. The highest BCUT2D eigenvalue weighted by Gasteiger charge is 2.12. The largest absolute Gasteiger partial charge is 0.374 e. The van der Waals surface area contributed by atoms with Gasteiger partial charge in [-0.1, -0.05) is 11.3 Å². The quantitative estimate of drug-likeness (QED) is 0.859. The van der Waals surface area contributed by atoms with Crippen molar-refractivity contribution in [3.63, 3.8) is 0 Å². The van der Waals surface area contributed by atoms with Crippen LogP contribution in [0.15, 0.2) is 0 Å². The Labute approximate surface area is 108 Å². The molecule has 3 N–H and O–H groups in total. The molecule has 2 heterocycles. The molecule has 0 spiro atoms. The monoisotopic (exact) mass is 276 g/mol. The number of hydrogen-bond donors (Lipinski definition) is 2. The zero-order valence-electron chi connectivity index (χ0n) is 9.02. The van der Waals surface area contributed by atoms with Crippen molar-refractivity contribution in [2.75, 3.05) is 35.3 Å². The average Bonchev–Trinajstić information content (AvgIpc) is 2.54. The second-order valence-electron chi connectivity index (χ2n) is 3.58. The molecule has 0 saturated carbocycles. The zero-order chi connectivity index (χ0) is 11.2. The van der Waals surface area contributed by atoms with Gasteiger partial charge in [-0.05, 0) is 0 Å². The second kappa shape index (κ2) is 6.68. The van der Waals surface area contributed by atoms with E-state index >= 15 is 0 Å². The highest BCUT2D eigenvalue weighted by molar-refractivity contribution is 8.03. The van der Waals surface area contributed by atoms with Crippen LogP contribution in [0.2, 0.25) is 0 Å². The summed E-state index contributed by atoms with van der Waals surface area (Å²) in [7, 11) is 0. The molecule has 90 valence electrons. The van der Waals surface area contributed by atoms with Crippen LogP contribution < -0.4 is 11.1 Å². The van der Waals surface area contributed by atoms with Crippen molar-refractivity contribution in [3.05, 3.63) is 5.01 Å². The van der Waals surface area contributed by atoms with E-state index in [0.29, 0.717) is 11.2 Å². The molecule has 0 amide bonds. The SMILES string of the molecule is Nc1nnc(CCNC2CSCCSC2)s1. The van der Waals surface area contributed by atoms with E-state index in [4.69, 9.17) is 5.73 Å². The number of nitrogens with two attached hydrogens (primary N) is 1. The fourth-order valence-corrected chi connectivity index (χ4v) is 4.56. The van der Waals surface area contributed by atoms with Gasteiger partial charge in [0.25, 0.3) is 0 Å². The summed E-state index contributed by atoms with van der Waals surface area (Å²) in [5.74, 6) is 5.03. The fourth-order valence-electron chi connectivity index (χ4n) is 1.49. The van der Waals surface area contributed by atoms with Crippen molar-refractivity contribution < 1.29 is 0 Å². The first-order valence-corrected chi connectivity index (χ1v) is 8.44. The lowest BCUT2D eigenvalue weighted by molar-refractivity contribution is 0.602. The molecule has 0 aliphatic carbocycles. The Balaban J connectivity index is 1.67. The lowest BCUT2D eigenvalue weighted by Gasteiger charge is -2.14. The van der Waals surface area contributed by atoms with Gasteiger partial charge in [0.2, 0.25) is 5.13 Å². The van der Waals surface area contributed by atoms with Gasteiger partial charge in [0.15, 0.2) is 0 Å². The van der Waals surface area contributed by atoms with E-state index in [9.17, 15) is 0 Å². The van der Waals surface area contributed by atoms with Crippen molar-refractivity contribution in [2.45, 2.75) is 12.5 Å². The van der Waals surface area contributed by atoms with Crippen molar-refractivity contribution in [3.8, 4) is 0 Å². The minimum atomic E-state index is 0.565. The summed E-state index contributed by atoms with van der Waals surface area (Å²) < 4.78 is 0. The molecule has 0 unspecified atom stereocenters. The molecule has 4 nitrogen and oxygen atoms in total. The van der Waals surface area contributed by atoms with Gasteiger partial charge in [-0.25, -0.2) is 0 Å². The third kappa shape index (κ3) is 4.12. The maximum atomic E-state index is 5.53. The van der Waals surface area contributed by atoms with Gasteiger partial charge >= 0.3 is 0 Å². The van der Waals surface area contributed by atoms with Gasteiger partial charge in [0.1, 0.15) is 5.01 Å². The molecular weight excluding hydrogens is 260 g/mol. The lowest BCUT2D eigenvalue weighted by atomic mass is 10.3. The normalized spacial score (nSPS) is 18.5. The molecule has 0 radical (unpaired) electrons. The number of hydrogen-bond acceptors (Lipinski definition) is 7. The number of nitrogens with one attached hydrogen (secondary N) is 1. The van der Waals surface area contributed by atoms with Gasteiger partial charge in [-0.3, -0.25) is 0 Å². The average molecular weight is 276 g/mol. The van der Waals surface area contributed by atoms with Crippen LogP contribution in [0.3, 0.4) is 0 Å². The molecule has 1 aliphatic heterocycles. The first kappa shape index (κ1) is 12.5. The smallest absolute Gasteiger partial charge is 0.203 e. The number of thioether (sulfide) groups is 2. The fraction of sp³-hybridized carbons (Fsp3) is 0.778. The van der Waals surface area contributed by atoms with E-state index in [1.165, 1.54) is 34.3 Å². The van der Waals surface area contributed by atoms with Gasteiger partial charge < -0.3 is 11.1 Å². The minimum Gasteiger partial charge on any atom is -0.374 e. The Hall–Kier alpha value is 0.0200. The summed E-state index contributed by atoms with van der Waals surface area (Å²) in [6.45, 7) is 0.973. The minimum absolute atomic E-state index is 0.565. The Morgan fingerprint density at radius 2 is 2.00 bits per heavy atom. The topological polar surface area (TPSA) is 63.8 Å². The molecule has 0 atom stereocenters. The summed E-state index contributed by atoms with van der Waals surface area (Å²) in [6, 6.07) is 0.641. The molecule has 1 saturated heterocycles. The maximum Gasteiger partial charge on any atom is 0.203 e. The molecule has 7 heteroatoms. The zero-order valence-corrected chi connectivity index (χ0v) is 11.5. The van der Waals surface area contributed by atoms with Crippen LogP contribution in [-0.4, -0.2) is 45.8 Å². The van der Waals surface area contributed by atoms with E-state index in [-0.39, 0.29) is 0 Å². The molecule has 1 fully saturated rings. The third-order valence-corrected chi connectivity index (χ3v) is 5.60.